The van der Waals surface area contributed by atoms with Crippen LogP contribution in [0.2, 0.25) is 0 Å². The summed E-state index contributed by atoms with van der Waals surface area (Å²) in [5.41, 5.74) is 6.25. The number of hydrogen-bond donors (Lipinski definition) is 2. The van der Waals surface area contributed by atoms with Crippen LogP contribution in [0.1, 0.15) is 43.8 Å². The number of aryl methyl sites for hydroxylation is 2. The number of nitrogens with two attached hydrogens (primary N) is 1. The quantitative estimate of drug-likeness (QED) is 0.577. The Bertz CT molecular complexity index is 319. The van der Waals surface area contributed by atoms with Crippen LogP contribution in [0.5, 0.6) is 0 Å². The van der Waals surface area contributed by atoms with Crippen molar-refractivity contribution in [3.63, 3.8) is 0 Å². The minimum Gasteiger partial charge on any atom is -0.271 e. The highest BCUT2D eigenvalue weighted by Gasteiger charge is 2.25. The predicted octanol–water partition coefficient (Wildman–Crippen LogP) is 2.25. The Morgan fingerprint density at radius 2 is 1.67 bits per heavy atom. The maximum atomic E-state index is 5.62. The molecule has 0 bridgehead atoms. The van der Waals surface area contributed by atoms with Crippen LogP contribution in [-0.4, -0.2) is 4.98 Å². The lowest BCUT2D eigenvalue weighted by atomic mass is 9.82. The third-order valence-electron chi connectivity index (χ3n) is 2.47. The topological polar surface area (TPSA) is 50.9 Å². The molecule has 0 saturated heterocycles. The van der Waals surface area contributed by atoms with Gasteiger partial charge in [-0.3, -0.25) is 16.3 Å². The highest BCUT2D eigenvalue weighted by molar-refractivity contribution is 5.24. The fourth-order valence-electron chi connectivity index (χ4n) is 1.88. The summed E-state index contributed by atoms with van der Waals surface area (Å²) in [5, 5.41) is 0. The van der Waals surface area contributed by atoms with Gasteiger partial charge < -0.3 is 0 Å². The molecule has 0 fully saturated rings. The molecule has 0 radical (unpaired) electrons. The zero-order valence-electron chi connectivity index (χ0n) is 10.3. The van der Waals surface area contributed by atoms with Crippen molar-refractivity contribution in [1.29, 1.82) is 0 Å². The fourth-order valence-corrected chi connectivity index (χ4v) is 1.88. The van der Waals surface area contributed by atoms with E-state index in [0.717, 1.165) is 11.4 Å². The standard InChI is InChI=1S/C12H21N3/c1-8-6-10(7-9(2)14-8)11(15-13)12(3,4)5/h6-7,11,15H,13H2,1-5H3. The van der Waals surface area contributed by atoms with E-state index in [9.17, 15) is 0 Å². The van der Waals surface area contributed by atoms with Crippen molar-refractivity contribution >= 4 is 0 Å². The summed E-state index contributed by atoms with van der Waals surface area (Å²) in [6.45, 7) is 10.5. The predicted molar refractivity (Wildman–Crippen MR) is 63.2 cm³/mol. The SMILES string of the molecule is Cc1cc(C(NN)C(C)(C)C)cc(C)n1. The summed E-state index contributed by atoms with van der Waals surface area (Å²) < 4.78 is 0. The normalized spacial score (nSPS) is 14.0. The largest absolute Gasteiger partial charge is 0.271 e. The molecule has 0 aliphatic heterocycles. The molecule has 0 aliphatic carbocycles. The molecule has 1 heterocycles. The molecule has 3 heteroatoms. The van der Waals surface area contributed by atoms with Crippen molar-refractivity contribution in [2.45, 2.75) is 40.7 Å². The van der Waals surface area contributed by atoms with Gasteiger partial charge in [-0.2, -0.15) is 0 Å². The number of hydrogen-bond acceptors (Lipinski definition) is 3. The van der Waals surface area contributed by atoms with E-state index in [4.69, 9.17) is 5.84 Å². The molecule has 3 N–H and O–H groups in total. The molecule has 1 rings (SSSR count). The first-order chi connectivity index (χ1) is 6.84. The smallest absolute Gasteiger partial charge is 0.0509 e. The molecule has 1 aromatic rings. The number of hydrazine groups is 1. The van der Waals surface area contributed by atoms with Gasteiger partial charge in [0.25, 0.3) is 0 Å². The summed E-state index contributed by atoms with van der Waals surface area (Å²) in [7, 11) is 0. The molecule has 0 saturated carbocycles. The summed E-state index contributed by atoms with van der Waals surface area (Å²) in [4.78, 5) is 4.36. The molecule has 0 aliphatic rings. The zero-order chi connectivity index (χ0) is 11.6. The summed E-state index contributed by atoms with van der Waals surface area (Å²) in [6.07, 6.45) is 0. The van der Waals surface area contributed by atoms with E-state index in [1.165, 1.54) is 5.56 Å². The number of nitrogens with one attached hydrogen (secondary N) is 1. The van der Waals surface area contributed by atoms with E-state index in [-0.39, 0.29) is 11.5 Å². The first-order valence-corrected chi connectivity index (χ1v) is 5.26. The second-order valence-corrected chi connectivity index (χ2v) is 5.15. The van der Waals surface area contributed by atoms with Crippen LogP contribution < -0.4 is 11.3 Å². The van der Waals surface area contributed by atoms with Gasteiger partial charge in [0.2, 0.25) is 0 Å². The van der Waals surface area contributed by atoms with Gasteiger partial charge >= 0.3 is 0 Å². The van der Waals surface area contributed by atoms with Crippen molar-refractivity contribution < 1.29 is 0 Å². The van der Waals surface area contributed by atoms with Gasteiger partial charge in [0, 0.05) is 11.4 Å². The van der Waals surface area contributed by atoms with E-state index in [1.54, 1.807) is 0 Å². The van der Waals surface area contributed by atoms with Crippen molar-refractivity contribution in [3.8, 4) is 0 Å². The molecule has 1 aromatic heterocycles. The second kappa shape index (κ2) is 4.29. The van der Waals surface area contributed by atoms with Crippen LogP contribution in [0.25, 0.3) is 0 Å². The lowest BCUT2D eigenvalue weighted by Crippen LogP contribution is -2.37. The third kappa shape index (κ3) is 3.01. The number of aromatic nitrogens is 1. The molecule has 1 unspecified atom stereocenters. The zero-order valence-corrected chi connectivity index (χ0v) is 10.3. The van der Waals surface area contributed by atoms with E-state index in [1.807, 2.05) is 13.8 Å². The second-order valence-electron chi connectivity index (χ2n) is 5.15. The summed E-state index contributed by atoms with van der Waals surface area (Å²) in [6, 6.07) is 4.32. The van der Waals surface area contributed by atoms with Gasteiger partial charge in [0.1, 0.15) is 0 Å². The molecular formula is C12H21N3. The van der Waals surface area contributed by atoms with Crippen molar-refractivity contribution in [2.24, 2.45) is 11.3 Å². The van der Waals surface area contributed by atoms with Gasteiger partial charge in [-0.15, -0.1) is 0 Å². The lowest BCUT2D eigenvalue weighted by Gasteiger charge is -2.30. The van der Waals surface area contributed by atoms with Gasteiger partial charge in [-0.25, -0.2) is 0 Å². The van der Waals surface area contributed by atoms with Gasteiger partial charge in [-0.05, 0) is 37.0 Å². The summed E-state index contributed by atoms with van der Waals surface area (Å²) >= 11 is 0. The minimum absolute atomic E-state index is 0.0922. The van der Waals surface area contributed by atoms with Gasteiger partial charge in [0.05, 0.1) is 6.04 Å². The third-order valence-corrected chi connectivity index (χ3v) is 2.47. The lowest BCUT2D eigenvalue weighted by molar-refractivity contribution is 0.275. The molecule has 0 spiro atoms. The number of nitrogens with zero attached hydrogens (tertiary/aromatic N) is 1. The Labute approximate surface area is 92.1 Å². The monoisotopic (exact) mass is 207 g/mol. The Morgan fingerprint density at radius 3 is 2.00 bits per heavy atom. The number of rotatable bonds is 2. The Morgan fingerprint density at radius 1 is 1.20 bits per heavy atom. The van der Waals surface area contributed by atoms with Crippen molar-refractivity contribution in [1.82, 2.24) is 10.4 Å². The van der Waals surface area contributed by atoms with Gasteiger partial charge in [0.15, 0.2) is 0 Å². The van der Waals surface area contributed by atoms with E-state index >= 15 is 0 Å². The van der Waals surface area contributed by atoms with Crippen LogP contribution in [-0.2, 0) is 0 Å². The van der Waals surface area contributed by atoms with E-state index in [2.05, 4.69) is 43.3 Å². The van der Waals surface area contributed by atoms with Crippen LogP contribution in [0.4, 0.5) is 0 Å². The molecule has 3 nitrogen and oxygen atoms in total. The Balaban J connectivity index is 3.13. The first kappa shape index (κ1) is 12.1. The van der Waals surface area contributed by atoms with Crippen LogP contribution in [0.3, 0.4) is 0 Å². The highest BCUT2D eigenvalue weighted by Crippen LogP contribution is 2.32. The maximum Gasteiger partial charge on any atom is 0.0509 e. The molecule has 0 amide bonds. The molecule has 1 atom stereocenters. The maximum absolute atomic E-state index is 5.62. The summed E-state index contributed by atoms with van der Waals surface area (Å²) in [5.74, 6) is 5.62. The highest BCUT2D eigenvalue weighted by atomic mass is 15.2. The Kier molecular flexibility index (Phi) is 3.47. The van der Waals surface area contributed by atoms with Crippen LogP contribution in [0.15, 0.2) is 12.1 Å². The van der Waals surface area contributed by atoms with Crippen molar-refractivity contribution in [3.05, 3.63) is 29.1 Å². The molecular weight excluding hydrogens is 186 g/mol. The molecule has 15 heavy (non-hydrogen) atoms. The number of pyridine rings is 1. The fraction of sp³-hybridized carbons (Fsp3) is 0.583. The molecule has 0 aromatic carbocycles. The van der Waals surface area contributed by atoms with Crippen LogP contribution in [0, 0.1) is 19.3 Å². The van der Waals surface area contributed by atoms with E-state index in [0.29, 0.717) is 0 Å². The average molecular weight is 207 g/mol. The van der Waals surface area contributed by atoms with Gasteiger partial charge in [-0.1, -0.05) is 20.8 Å². The minimum atomic E-state index is 0.0922. The Hall–Kier alpha value is -0.930. The molecule has 84 valence electrons. The van der Waals surface area contributed by atoms with Crippen molar-refractivity contribution in [2.75, 3.05) is 0 Å². The first-order valence-electron chi connectivity index (χ1n) is 5.26. The average Bonchev–Trinajstić information content (AvgIpc) is 1.99. The van der Waals surface area contributed by atoms with Crippen LogP contribution >= 0.6 is 0 Å². The van der Waals surface area contributed by atoms with E-state index < -0.39 is 0 Å².